The minimum atomic E-state index is 0.653. The van der Waals surface area contributed by atoms with Crippen molar-refractivity contribution >= 4 is 33.3 Å². The van der Waals surface area contributed by atoms with Gasteiger partial charge in [0, 0.05) is 25.1 Å². The summed E-state index contributed by atoms with van der Waals surface area (Å²) in [6, 6.07) is 18.3. The molecule has 0 spiro atoms. The molecule has 31 heavy (non-hydrogen) atoms. The highest BCUT2D eigenvalue weighted by molar-refractivity contribution is 9.09. The van der Waals surface area contributed by atoms with E-state index in [4.69, 9.17) is 4.74 Å². The predicted octanol–water partition coefficient (Wildman–Crippen LogP) is 7.71. The Hall–Kier alpha value is -2.25. The summed E-state index contributed by atoms with van der Waals surface area (Å²) in [4.78, 5) is 2.06. The van der Waals surface area contributed by atoms with E-state index in [1.165, 1.54) is 44.9 Å². The highest BCUT2D eigenvalue weighted by Gasteiger charge is 2.03. The fourth-order valence-electron chi connectivity index (χ4n) is 3.39. The third-order valence-corrected chi connectivity index (χ3v) is 5.86. The second kappa shape index (κ2) is 14.7. The van der Waals surface area contributed by atoms with Gasteiger partial charge in [0.05, 0.1) is 18.2 Å². The monoisotopic (exact) mass is 482 g/mol. The highest BCUT2D eigenvalue weighted by atomic mass is 79.9. The smallest absolute Gasteiger partial charge is 0.119 e. The third-order valence-electron chi connectivity index (χ3n) is 5.30. The number of ether oxygens (including phenoxy) is 1. The van der Waals surface area contributed by atoms with Crippen LogP contribution in [0.2, 0.25) is 0 Å². The molecule has 0 N–H and O–H groups in total. The van der Waals surface area contributed by atoms with E-state index in [1.807, 2.05) is 56.6 Å². The second-order valence-corrected chi connectivity index (χ2v) is 8.84. The van der Waals surface area contributed by atoms with Crippen molar-refractivity contribution in [2.45, 2.75) is 51.4 Å². The topological polar surface area (TPSA) is 36.3 Å². The van der Waals surface area contributed by atoms with Crippen LogP contribution in [0.1, 0.15) is 62.5 Å². The lowest BCUT2D eigenvalue weighted by Gasteiger charge is -2.12. The van der Waals surface area contributed by atoms with Crippen LogP contribution in [0.15, 0.2) is 48.5 Å². The Morgan fingerprint density at radius 3 is 2.00 bits per heavy atom. The van der Waals surface area contributed by atoms with E-state index in [-0.39, 0.29) is 0 Å². The van der Waals surface area contributed by atoms with Gasteiger partial charge in [0.2, 0.25) is 0 Å². The van der Waals surface area contributed by atoms with E-state index in [0.29, 0.717) is 5.57 Å². The highest BCUT2D eigenvalue weighted by Crippen LogP contribution is 2.22. The molecule has 0 radical (unpaired) electrons. The summed E-state index contributed by atoms with van der Waals surface area (Å²) >= 11 is 3.48. The van der Waals surface area contributed by atoms with Crippen molar-refractivity contribution in [1.29, 1.82) is 5.26 Å². The number of unbranched alkanes of at least 4 members (excludes halogenated alkanes) is 7. The maximum atomic E-state index is 9.60. The molecule has 0 saturated carbocycles. The minimum absolute atomic E-state index is 0.653. The van der Waals surface area contributed by atoms with Gasteiger partial charge in [0.15, 0.2) is 0 Å². The Balaban J connectivity index is 1.75. The van der Waals surface area contributed by atoms with Gasteiger partial charge in [-0.15, -0.1) is 0 Å². The van der Waals surface area contributed by atoms with Crippen LogP contribution in [0.4, 0.5) is 5.69 Å². The molecule has 0 fully saturated rings. The maximum Gasteiger partial charge on any atom is 0.119 e. The number of benzene rings is 2. The molecular formula is C27H35BrN2O. The SMILES string of the molecule is CN(C)c1ccc(/C=C(\C#N)c2ccc(OCCCCCCCCCCBr)cc2)cc1. The number of nitrogens with zero attached hydrogens (tertiary/aromatic N) is 2. The van der Waals surface area contributed by atoms with Gasteiger partial charge in [0.25, 0.3) is 0 Å². The zero-order chi connectivity index (χ0) is 22.3. The normalized spacial score (nSPS) is 11.2. The van der Waals surface area contributed by atoms with Crippen molar-refractivity contribution in [2.24, 2.45) is 0 Å². The van der Waals surface area contributed by atoms with Crippen molar-refractivity contribution in [3.05, 3.63) is 59.7 Å². The molecule has 3 nitrogen and oxygen atoms in total. The van der Waals surface area contributed by atoms with Crippen LogP contribution in [-0.2, 0) is 0 Å². The first-order chi connectivity index (χ1) is 15.1. The van der Waals surface area contributed by atoms with Crippen LogP contribution in [0, 0.1) is 11.3 Å². The number of hydrogen-bond donors (Lipinski definition) is 0. The summed E-state index contributed by atoms with van der Waals surface area (Å²) in [6.07, 6.45) is 12.2. The van der Waals surface area contributed by atoms with Gasteiger partial charge in [-0.05, 0) is 66.4 Å². The average molecular weight is 483 g/mol. The van der Waals surface area contributed by atoms with Crippen LogP contribution in [-0.4, -0.2) is 26.0 Å². The zero-order valence-electron chi connectivity index (χ0n) is 18.9. The van der Waals surface area contributed by atoms with Gasteiger partial charge in [-0.3, -0.25) is 0 Å². The van der Waals surface area contributed by atoms with E-state index in [1.54, 1.807) is 0 Å². The molecule has 0 atom stereocenters. The lowest BCUT2D eigenvalue weighted by molar-refractivity contribution is 0.304. The fraction of sp³-hybridized carbons (Fsp3) is 0.444. The largest absolute Gasteiger partial charge is 0.494 e. The molecule has 0 aliphatic carbocycles. The zero-order valence-corrected chi connectivity index (χ0v) is 20.5. The second-order valence-electron chi connectivity index (χ2n) is 8.05. The molecule has 2 aromatic carbocycles. The summed E-state index contributed by atoms with van der Waals surface area (Å²) in [5.74, 6) is 0.867. The van der Waals surface area contributed by atoms with Gasteiger partial charge >= 0.3 is 0 Å². The Kier molecular flexibility index (Phi) is 11.9. The van der Waals surface area contributed by atoms with E-state index in [0.717, 1.165) is 40.9 Å². The molecule has 0 heterocycles. The first-order valence-electron chi connectivity index (χ1n) is 11.3. The summed E-state index contributed by atoms with van der Waals surface area (Å²) in [5, 5.41) is 10.7. The number of allylic oxidation sites excluding steroid dienone is 1. The van der Waals surface area contributed by atoms with E-state index >= 15 is 0 Å². The Labute approximate surface area is 196 Å². The molecule has 4 heteroatoms. The number of rotatable bonds is 14. The van der Waals surface area contributed by atoms with Crippen molar-refractivity contribution in [2.75, 3.05) is 30.9 Å². The quantitative estimate of drug-likeness (QED) is 0.120. The summed E-state index contributed by atoms with van der Waals surface area (Å²) < 4.78 is 5.88. The number of anilines is 1. The molecule has 2 aromatic rings. The minimum Gasteiger partial charge on any atom is -0.494 e. The number of alkyl halides is 1. The Morgan fingerprint density at radius 1 is 0.871 bits per heavy atom. The molecule has 0 unspecified atom stereocenters. The maximum absolute atomic E-state index is 9.60. The molecular weight excluding hydrogens is 448 g/mol. The molecule has 166 valence electrons. The van der Waals surface area contributed by atoms with Crippen LogP contribution < -0.4 is 9.64 Å². The van der Waals surface area contributed by atoms with Gasteiger partial charge in [0.1, 0.15) is 5.75 Å². The van der Waals surface area contributed by atoms with Crippen LogP contribution in [0.25, 0.3) is 11.6 Å². The first kappa shape index (κ1) is 25.0. The standard InChI is InChI=1S/C27H35BrN2O/c1-30(2)26-15-11-23(12-16-26)21-25(22-29)24-13-17-27(18-14-24)31-20-10-8-6-4-3-5-7-9-19-28/h11-18,21H,3-10,19-20H2,1-2H3/b25-21+. The number of nitriles is 1. The number of halogens is 1. The number of hydrogen-bond acceptors (Lipinski definition) is 3. The molecule has 2 rings (SSSR count). The Bertz CT molecular complexity index is 820. The van der Waals surface area contributed by atoms with Crippen LogP contribution >= 0.6 is 15.9 Å². The van der Waals surface area contributed by atoms with Gasteiger partial charge in [-0.25, -0.2) is 0 Å². The fourth-order valence-corrected chi connectivity index (χ4v) is 3.79. The van der Waals surface area contributed by atoms with Crippen molar-refractivity contribution < 1.29 is 4.74 Å². The van der Waals surface area contributed by atoms with Crippen LogP contribution in [0.3, 0.4) is 0 Å². The van der Waals surface area contributed by atoms with E-state index < -0.39 is 0 Å². The van der Waals surface area contributed by atoms with Gasteiger partial charge < -0.3 is 9.64 Å². The molecule has 0 amide bonds. The van der Waals surface area contributed by atoms with Crippen molar-refractivity contribution in [3.63, 3.8) is 0 Å². The van der Waals surface area contributed by atoms with Gasteiger partial charge in [-0.1, -0.05) is 66.6 Å². The molecule has 0 aromatic heterocycles. The third kappa shape index (κ3) is 9.61. The molecule has 0 aliphatic heterocycles. The van der Waals surface area contributed by atoms with E-state index in [2.05, 4.69) is 39.0 Å². The van der Waals surface area contributed by atoms with Gasteiger partial charge in [-0.2, -0.15) is 5.26 Å². The van der Waals surface area contributed by atoms with Crippen molar-refractivity contribution in [1.82, 2.24) is 0 Å². The molecule has 0 aliphatic rings. The lowest BCUT2D eigenvalue weighted by Crippen LogP contribution is -2.07. The first-order valence-corrected chi connectivity index (χ1v) is 12.4. The van der Waals surface area contributed by atoms with E-state index in [9.17, 15) is 5.26 Å². The lowest BCUT2D eigenvalue weighted by atomic mass is 10.0. The van der Waals surface area contributed by atoms with Crippen molar-refractivity contribution in [3.8, 4) is 11.8 Å². The molecule has 0 bridgehead atoms. The summed E-state index contributed by atoms with van der Waals surface area (Å²) in [7, 11) is 4.03. The average Bonchev–Trinajstić information content (AvgIpc) is 2.79. The van der Waals surface area contributed by atoms with Crippen LogP contribution in [0.5, 0.6) is 5.75 Å². The Morgan fingerprint density at radius 2 is 1.45 bits per heavy atom. The summed E-state index contributed by atoms with van der Waals surface area (Å²) in [6.45, 7) is 0.752. The molecule has 0 saturated heterocycles. The predicted molar refractivity (Wildman–Crippen MR) is 137 cm³/mol. The summed E-state index contributed by atoms with van der Waals surface area (Å²) in [5.41, 5.74) is 3.72.